The first-order valence-electron chi connectivity index (χ1n) is 9.49. The van der Waals surface area contributed by atoms with Gasteiger partial charge in [-0.15, -0.1) is 0 Å². The van der Waals surface area contributed by atoms with Gasteiger partial charge in [0.05, 0.1) is 6.54 Å². The Balaban J connectivity index is 1.78. The third-order valence-corrected chi connectivity index (χ3v) is 4.68. The first-order valence-corrected chi connectivity index (χ1v) is 9.49. The van der Waals surface area contributed by atoms with Gasteiger partial charge in [0.2, 0.25) is 0 Å². The summed E-state index contributed by atoms with van der Waals surface area (Å²) in [6, 6.07) is 15.9. The second-order valence-corrected chi connectivity index (χ2v) is 6.84. The van der Waals surface area contributed by atoms with Crippen LogP contribution in [0, 0.1) is 11.6 Å². The van der Waals surface area contributed by atoms with E-state index in [0.717, 1.165) is 11.3 Å². The lowest BCUT2D eigenvalue weighted by Gasteiger charge is -2.24. The molecule has 0 aliphatic rings. The molecule has 3 rings (SSSR count). The zero-order chi connectivity index (χ0) is 20.6. The average molecular weight is 398 g/mol. The minimum absolute atomic E-state index is 0.227. The smallest absolute Gasteiger partial charge is 0.254 e. The molecule has 0 unspecified atom stereocenters. The van der Waals surface area contributed by atoms with Gasteiger partial charge in [0, 0.05) is 44.3 Å². The molecule has 0 fully saturated rings. The van der Waals surface area contributed by atoms with Crippen LogP contribution >= 0.6 is 0 Å². The first-order chi connectivity index (χ1) is 14.1. The van der Waals surface area contributed by atoms with E-state index < -0.39 is 5.82 Å². The number of benzene rings is 2. The summed E-state index contributed by atoms with van der Waals surface area (Å²) in [5, 5.41) is 0. The average Bonchev–Trinajstić information content (AvgIpc) is 3.15. The molecule has 0 spiro atoms. The second-order valence-electron chi connectivity index (χ2n) is 6.84. The lowest BCUT2D eigenvalue weighted by Crippen LogP contribution is -2.33. The molecular formula is C23H24F2N2O2. The maximum Gasteiger partial charge on any atom is 0.254 e. The lowest BCUT2D eigenvalue weighted by atomic mass is 10.1. The molecule has 152 valence electrons. The SMILES string of the molecule is COCCCN(Cc1cccn1Cc1ccc(F)cc1)C(=O)c1cccc(F)c1. The molecule has 6 heteroatoms. The van der Waals surface area contributed by atoms with Gasteiger partial charge in [0.25, 0.3) is 5.91 Å². The molecule has 0 radical (unpaired) electrons. The molecule has 0 saturated carbocycles. The van der Waals surface area contributed by atoms with Crippen LogP contribution < -0.4 is 0 Å². The van der Waals surface area contributed by atoms with Gasteiger partial charge in [-0.25, -0.2) is 8.78 Å². The highest BCUT2D eigenvalue weighted by atomic mass is 19.1. The summed E-state index contributed by atoms with van der Waals surface area (Å²) in [4.78, 5) is 14.7. The normalized spacial score (nSPS) is 10.9. The summed E-state index contributed by atoms with van der Waals surface area (Å²) in [6.45, 7) is 1.98. The van der Waals surface area contributed by atoms with Crippen LogP contribution in [0.3, 0.4) is 0 Å². The molecule has 1 heterocycles. The summed E-state index contributed by atoms with van der Waals surface area (Å²) < 4.78 is 33.9. The molecule has 1 amide bonds. The zero-order valence-electron chi connectivity index (χ0n) is 16.4. The highest BCUT2D eigenvalue weighted by molar-refractivity contribution is 5.94. The predicted molar refractivity (Wildman–Crippen MR) is 108 cm³/mol. The molecule has 0 atom stereocenters. The number of amides is 1. The van der Waals surface area contributed by atoms with E-state index in [2.05, 4.69) is 0 Å². The molecule has 0 aliphatic heterocycles. The third kappa shape index (κ3) is 5.74. The van der Waals surface area contributed by atoms with Crippen LogP contribution in [0.5, 0.6) is 0 Å². The van der Waals surface area contributed by atoms with Crippen molar-refractivity contribution < 1.29 is 18.3 Å². The van der Waals surface area contributed by atoms with Gasteiger partial charge in [-0.2, -0.15) is 0 Å². The Morgan fingerprint density at radius 3 is 2.55 bits per heavy atom. The van der Waals surface area contributed by atoms with Crippen LogP contribution in [0.1, 0.15) is 28.0 Å². The lowest BCUT2D eigenvalue weighted by molar-refractivity contribution is 0.0719. The van der Waals surface area contributed by atoms with Crippen molar-refractivity contribution in [2.75, 3.05) is 20.3 Å². The Morgan fingerprint density at radius 1 is 1.03 bits per heavy atom. The fraction of sp³-hybridized carbons (Fsp3) is 0.261. The standard InChI is InChI=1S/C23H24F2N2O2/c1-29-14-4-13-27(23(28)19-5-2-6-21(25)15-19)17-22-7-3-12-26(22)16-18-8-10-20(24)11-9-18/h2-3,5-12,15H,4,13-14,16-17H2,1H3. The molecule has 1 aromatic heterocycles. The number of hydrogen-bond acceptors (Lipinski definition) is 2. The Bertz CT molecular complexity index is 938. The van der Waals surface area contributed by atoms with E-state index in [4.69, 9.17) is 4.74 Å². The third-order valence-electron chi connectivity index (χ3n) is 4.68. The Hall–Kier alpha value is -2.99. The Morgan fingerprint density at radius 2 is 1.83 bits per heavy atom. The maximum absolute atomic E-state index is 13.6. The maximum atomic E-state index is 13.6. The molecule has 0 bridgehead atoms. The van der Waals surface area contributed by atoms with E-state index in [-0.39, 0.29) is 11.7 Å². The number of carbonyl (C=O) groups excluding carboxylic acids is 1. The zero-order valence-corrected chi connectivity index (χ0v) is 16.4. The highest BCUT2D eigenvalue weighted by Gasteiger charge is 2.18. The molecule has 4 nitrogen and oxygen atoms in total. The van der Waals surface area contributed by atoms with Crippen molar-refractivity contribution in [3.8, 4) is 0 Å². The molecular weight excluding hydrogens is 374 g/mol. The summed E-state index contributed by atoms with van der Waals surface area (Å²) >= 11 is 0. The molecule has 0 aliphatic carbocycles. The van der Waals surface area contributed by atoms with Crippen molar-refractivity contribution in [1.29, 1.82) is 0 Å². The van der Waals surface area contributed by atoms with Crippen molar-refractivity contribution in [3.63, 3.8) is 0 Å². The summed E-state index contributed by atoms with van der Waals surface area (Å²) in [6.07, 6.45) is 2.61. The number of nitrogens with zero attached hydrogens (tertiary/aromatic N) is 2. The molecule has 2 aromatic carbocycles. The topological polar surface area (TPSA) is 34.5 Å². The quantitative estimate of drug-likeness (QED) is 0.498. The number of ether oxygens (including phenoxy) is 1. The van der Waals surface area contributed by atoms with Gasteiger partial charge < -0.3 is 14.2 Å². The number of halogens is 2. The van der Waals surface area contributed by atoms with E-state index in [9.17, 15) is 13.6 Å². The minimum atomic E-state index is -0.438. The molecule has 0 saturated heterocycles. The number of methoxy groups -OCH3 is 1. The van der Waals surface area contributed by atoms with Crippen LogP contribution in [0.2, 0.25) is 0 Å². The van der Waals surface area contributed by atoms with E-state index in [1.165, 1.54) is 30.3 Å². The monoisotopic (exact) mass is 398 g/mol. The van der Waals surface area contributed by atoms with E-state index in [0.29, 0.717) is 38.2 Å². The van der Waals surface area contributed by atoms with Crippen LogP contribution in [0.4, 0.5) is 8.78 Å². The van der Waals surface area contributed by atoms with Crippen molar-refractivity contribution in [1.82, 2.24) is 9.47 Å². The Kier molecular flexibility index (Phi) is 7.14. The van der Waals surface area contributed by atoms with Crippen molar-refractivity contribution in [2.24, 2.45) is 0 Å². The van der Waals surface area contributed by atoms with Crippen molar-refractivity contribution in [2.45, 2.75) is 19.5 Å². The van der Waals surface area contributed by atoms with E-state index in [1.54, 1.807) is 30.2 Å². The van der Waals surface area contributed by atoms with Gasteiger partial charge in [-0.3, -0.25) is 4.79 Å². The van der Waals surface area contributed by atoms with Crippen LogP contribution in [0.15, 0.2) is 66.9 Å². The number of rotatable bonds is 9. The van der Waals surface area contributed by atoms with Crippen LogP contribution in [-0.4, -0.2) is 35.6 Å². The fourth-order valence-corrected chi connectivity index (χ4v) is 3.19. The van der Waals surface area contributed by atoms with Gasteiger partial charge >= 0.3 is 0 Å². The number of aromatic nitrogens is 1. The van der Waals surface area contributed by atoms with Crippen molar-refractivity contribution in [3.05, 3.63) is 95.3 Å². The van der Waals surface area contributed by atoms with Crippen molar-refractivity contribution >= 4 is 5.91 Å². The second kappa shape index (κ2) is 9.98. The van der Waals surface area contributed by atoms with Crippen LogP contribution in [0.25, 0.3) is 0 Å². The molecule has 29 heavy (non-hydrogen) atoms. The fourth-order valence-electron chi connectivity index (χ4n) is 3.19. The minimum Gasteiger partial charge on any atom is -0.385 e. The largest absolute Gasteiger partial charge is 0.385 e. The first kappa shape index (κ1) is 20.7. The number of carbonyl (C=O) groups is 1. The molecule has 0 N–H and O–H groups in total. The summed E-state index contributed by atoms with van der Waals surface area (Å²) in [5.41, 5.74) is 2.22. The molecule has 3 aromatic rings. The number of hydrogen-bond donors (Lipinski definition) is 0. The van der Waals surface area contributed by atoms with Gasteiger partial charge in [-0.1, -0.05) is 18.2 Å². The van der Waals surface area contributed by atoms with Crippen LogP contribution in [-0.2, 0) is 17.8 Å². The highest BCUT2D eigenvalue weighted by Crippen LogP contribution is 2.15. The predicted octanol–water partition coefficient (Wildman–Crippen LogP) is 4.49. The Labute approximate surface area is 169 Å². The van der Waals surface area contributed by atoms with Gasteiger partial charge in [0.1, 0.15) is 11.6 Å². The van der Waals surface area contributed by atoms with Gasteiger partial charge in [0.15, 0.2) is 0 Å². The summed E-state index contributed by atoms with van der Waals surface area (Å²) in [7, 11) is 1.62. The van der Waals surface area contributed by atoms with Gasteiger partial charge in [-0.05, 0) is 54.4 Å². The van der Waals surface area contributed by atoms with E-state index in [1.807, 2.05) is 22.9 Å². The summed E-state index contributed by atoms with van der Waals surface area (Å²) in [5.74, 6) is -0.936. The van der Waals surface area contributed by atoms with E-state index >= 15 is 0 Å².